The SMILES string of the molecule is COc1cc(CNc2ncccc2Br)ccn1. The van der Waals surface area contributed by atoms with E-state index in [0.29, 0.717) is 12.4 Å². The van der Waals surface area contributed by atoms with Crippen LogP contribution in [0, 0.1) is 0 Å². The molecule has 1 N–H and O–H groups in total. The minimum Gasteiger partial charge on any atom is -0.481 e. The van der Waals surface area contributed by atoms with Crippen molar-refractivity contribution in [2.24, 2.45) is 0 Å². The zero-order valence-electron chi connectivity index (χ0n) is 9.35. The molecule has 2 rings (SSSR count). The summed E-state index contributed by atoms with van der Waals surface area (Å²) in [7, 11) is 1.61. The summed E-state index contributed by atoms with van der Waals surface area (Å²) in [6, 6.07) is 7.66. The fourth-order valence-corrected chi connectivity index (χ4v) is 1.77. The Hall–Kier alpha value is -1.62. The molecule has 2 heterocycles. The first-order valence-electron chi connectivity index (χ1n) is 5.13. The quantitative estimate of drug-likeness (QED) is 0.942. The summed E-state index contributed by atoms with van der Waals surface area (Å²) in [5.74, 6) is 1.44. The zero-order valence-corrected chi connectivity index (χ0v) is 10.9. The van der Waals surface area contributed by atoms with Crippen molar-refractivity contribution in [3.05, 3.63) is 46.7 Å². The van der Waals surface area contributed by atoms with Crippen LogP contribution in [-0.4, -0.2) is 17.1 Å². The number of aromatic nitrogens is 2. The molecule has 0 saturated carbocycles. The van der Waals surface area contributed by atoms with Crippen molar-refractivity contribution in [2.75, 3.05) is 12.4 Å². The van der Waals surface area contributed by atoms with Crippen molar-refractivity contribution >= 4 is 21.7 Å². The number of nitrogens with one attached hydrogen (secondary N) is 1. The third-order valence-corrected chi connectivity index (χ3v) is 2.87. The highest BCUT2D eigenvalue weighted by Gasteiger charge is 2.00. The first-order chi connectivity index (χ1) is 8.29. The van der Waals surface area contributed by atoms with E-state index in [1.54, 1.807) is 19.5 Å². The Labute approximate surface area is 108 Å². The van der Waals surface area contributed by atoms with E-state index >= 15 is 0 Å². The van der Waals surface area contributed by atoms with Gasteiger partial charge in [-0.1, -0.05) is 0 Å². The average molecular weight is 294 g/mol. The van der Waals surface area contributed by atoms with Gasteiger partial charge in [-0.05, 0) is 39.7 Å². The summed E-state index contributed by atoms with van der Waals surface area (Å²) in [6.07, 6.45) is 3.48. The number of hydrogen-bond acceptors (Lipinski definition) is 4. The van der Waals surface area contributed by atoms with Crippen LogP contribution in [0.5, 0.6) is 5.88 Å². The van der Waals surface area contributed by atoms with Crippen molar-refractivity contribution in [2.45, 2.75) is 6.54 Å². The van der Waals surface area contributed by atoms with Crippen LogP contribution in [0.1, 0.15) is 5.56 Å². The summed E-state index contributed by atoms with van der Waals surface area (Å²) in [6.45, 7) is 0.675. The van der Waals surface area contributed by atoms with Gasteiger partial charge in [0.1, 0.15) is 5.82 Å². The van der Waals surface area contributed by atoms with Crippen molar-refractivity contribution in [1.29, 1.82) is 0 Å². The van der Waals surface area contributed by atoms with Crippen LogP contribution in [0.2, 0.25) is 0 Å². The van der Waals surface area contributed by atoms with Gasteiger partial charge in [-0.3, -0.25) is 0 Å². The number of anilines is 1. The van der Waals surface area contributed by atoms with Crippen LogP contribution in [-0.2, 0) is 6.54 Å². The van der Waals surface area contributed by atoms with Crippen LogP contribution >= 0.6 is 15.9 Å². The summed E-state index contributed by atoms with van der Waals surface area (Å²) in [5, 5.41) is 3.24. The molecule has 88 valence electrons. The Kier molecular flexibility index (Phi) is 3.93. The number of hydrogen-bond donors (Lipinski definition) is 1. The Morgan fingerprint density at radius 1 is 1.29 bits per heavy atom. The van der Waals surface area contributed by atoms with Crippen molar-refractivity contribution in [1.82, 2.24) is 9.97 Å². The fourth-order valence-electron chi connectivity index (χ4n) is 1.37. The first-order valence-corrected chi connectivity index (χ1v) is 5.92. The molecule has 0 aliphatic heterocycles. The Balaban J connectivity index is 2.05. The van der Waals surface area contributed by atoms with Crippen LogP contribution in [0.4, 0.5) is 5.82 Å². The lowest BCUT2D eigenvalue weighted by Crippen LogP contribution is -2.02. The number of nitrogens with zero attached hydrogens (tertiary/aromatic N) is 2. The van der Waals surface area contributed by atoms with Crippen LogP contribution < -0.4 is 10.1 Å². The standard InChI is InChI=1S/C12H12BrN3O/c1-17-11-7-9(4-6-14-11)8-16-12-10(13)3-2-5-15-12/h2-7H,8H2,1H3,(H,15,16). The average Bonchev–Trinajstić information content (AvgIpc) is 2.38. The molecule has 0 amide bonds. The number of methoxy groups -OCH3 is 1. The molecule has 5 heteroatoms. The van der Waals surface area contributed by atoms with Gasteiger partial charge >= 0.3 is 0 Å². The van der Waals surface area contributed by atoms with E-state index in [4.69, 9.17) is 4.74 Å². The highest BCUT2D eigenvalue weighted by molar-refractivity contribution is 9.10. The predicted octanol–water partition coefficient (Wildman–Crippen LogP) is 2.86. The second kappa shape index (κ2) is 5.63. The molecule has 0 radical (unpaired) electrons. The maximum Gasteiger partial charge on any atom is 0.213 e. The lowest BCUT2D eigenvalue weighted by Gasteiger charge is -2.07. The lowest BCUT2D eigenvalue weighted by molar-refractivity contribution is 0.397. The van der Waals surface area contributed by atoms with Gasteiger partial charge in [0.05, 0.1) is 11.6 Å². The normalized spacial score (nSPS) is 10.0. The molecular weight excluding hydrogens is 282 g/mol. The molecule has 0 saturated heterocycles. The molecule has 0 spiro atoms. The lowest BCUT2D eigenvalue weighted by atomic mass is 10.2. The predicted molar refractivity (Wildman–Crippen MR) is 70.1 cm³/mol. The topological polar surface area (TPSA) is 47.0 Å². The van der Waals surface area contributed by atoms with E-state index in [-0.39, 0.29) is 0 Å². The molecule has 0 aromatic carbocycles. The zero-order chi connectivity index (χ0) is 12.1. The Morgan fingerprint density at radius 2 is 2.18 bits per heavy atom. The number of halogens is 1. The molecule has 0 fully saturated rings. The van der Waals surface area contributed by atoms with Crippen molar-refractivity contribution in [3.63, 3.8) is 0 Å². The molecule has 0 bridgehead atoms. The van der Waals surface area contributed by atoms with E-state index in [2.05, 4.69) is 31.2 Å². The second-order valence-corrected chi connectivity index (χ2v) is 4.25. The van der Waals surface area contributed by atoms with Gasteiger partial charge < -0.3 is 10.1 Å². The number of pyridine rings is 2. The van der Waals surface area contributed by atoms with Crippen LogP contribution in [0.15, 0.2) is 41.1 Å². The third-order valence-electron chi connectivity index (χ3n) is 2.23. The second-order valence-electron chi connectivity index (χ2n) is 3.39. The van der Waals surface area contributed by atoms with Crippen LogP contribution in [0.3, 0.4) is 0 Å². The van der Waals surface area contributed by atoms with Gasteiger partial charge in [0.2, 0.25) is 5.88 Å². The van der Waals surface area contributed by atoms with E-state index in [1.165, 1.54) is 0 Å². The highest BCUT2D eigenvalue weighted by Crippen LogP contribution is 2.19. The van der Waals surface area contributed by atoms with Gasteiger partial charge in [-0.15, -0.1) is 0 Å². The Bertz CT molecular complexity index is 505. The van der Waals surface area contributed by atoms with Gasteiger partial charge in [-0.25, -0.2) is 9.97 Å². The summed E-state index contributed by atoms with van der Waals surface area (Å²) in [4.78, 5) is 8.29. The molecule has 2 aromatic heterocycles. The number of rotatable bonds is 4. The molecule has 0 atom stereocenters. The highest BCUT2D eigenvalue weighted by atomic mass is 79.9. The minimum absolute atomic E-state index is 0.615. The Morgan fingerprint density at radius 3 is 2.94 bits per heavy atom. The van der Waals surface area contributed by atoms with Gasteiger partial charge in [-0.2, -0.15) is 0 Å². The van der Waals surface area contributed by atoms with Gasteiger partial charge in [0.25, 0.3) is 0 Å². The van der Waals surface area contributed by atoms with E-state index in [9.17, 15) is 0 Å². The van der Waals surface area contributed by atoms with Crippen molar-refractivity contribution < 1.29 is 4.74 Å². The van der Waals surface area contributed by atoms with Crippen molar-refractivity contribution in [3.8, 4) is 5.88 Å². The maximum atomic E-state index is 5.07. The maximum absolute atomic E-state index is 5.07. The van der Waals surface area contributed by atoms with E-state index < -0.39 is 0 Å². The smallest absolute Gasteiger partial charge is 0.213 e. The summed E-state index contributed by atoms with van der Waals surface area (Å²) < 4.78 is 6.01. The molecule has 2 aromatic rings. The summed E-state index contributed by atoms with van der Waals surface area (Å²) >= 11 is 3.44. The largest absolute Gasteiger partial charge is 0.481 e. The molecule has 0 aliphatic rings. The molecule has 0 aliphatic carbocycles. The van der Waals surface area contributed by atoms with Gasteiger partial charge in [0.15, 0.2) is 0 Å². The minimum atomic E-state index is 0.615. The molecule has 4 nitrogen and oxygen atoms in total. The molecule has 17 heavy (non-hydrogen) atoms. The van der Waals surface area contributed by atoms with E-state index in [0.717, 1.165) is 15.9 Å². The fraction of sp³-hybridized carbons (Fsp3) is 0.167. The monoisotopic (exact) mass is 293 g/mol. The van der Waals surface area contributed by atoms with Gasteiger partial charge in [0, 0.05) is 25.0 Å². The van der Waals surface area contributed by atoms with E-state index in [1.807, 2.05) is 24.3 Å². The molecule has 0 unspecified atom stereocenters. The molecular formula is C12H12BrN3O. The third kappa shape index (κ3) is 3.17. The summed E-state index contributed by atoms with van der Waals surface area (Å²) in [5.41, 5.74) is 1.09. The first kappa shape index (κ1) is 11.9. The number of ether oxygens (including phenoxy) is 1. The van der Waals surface area contributed by atoms with Crippen LogP contribution in [0.25, 0.3) is 0 Å².